The number of hydrogen-bond acceptors (Lipinski definition) is 2. The van der Waals surface area contributed by atoms with Gasteiger partial charge in [0, 0.05) is 0 Å². The lowest BCUT2D eigenvalue weighted by molar-refractivity contribution is 0.605. The number of benzene rings is 6. The average Bonchev–Trinajstić information content (AvgIpc) is 3.11. The second-order valence-electron chi connectivity index (χ2n) is 12.2. The summed E-state index contributed by atoms with van der Waals surface area (Å²) >= 11 is 0. The quantitative estimate of drug-likeness (QED) is 0.143. The fourth-order valence-corrected chi connectivity index (χ4v) is 4.76. The maximum Gasteiger partial charge on any atom is 0.0661 e. The van der Waals surface area contributed by atoms with Gasteiger partial charge in [0.05, 0.1) is 11.8 Å². The molecule has 0 aliphatic rings. The van der Waals surface area contributed by atoms with E-state index in [-0.39, 0.29) is 6.04 Å². The summed E-state index contributed by atoms with van der Waals surface area (Å²) in [6.07, 6.45) is 1.04. The molecule has 0 aliphatic carbocycles. The van der Waals surface area contributed by atoms with Gasteiger partial charge in [-0.05, 0) is 88.3 Å². The molecule has 0 amide bonds. The summed E-state index contributed by atoms with van der Waals surface area (Å²) in [7, 11) is 0. The third-order valence-electron chi connectivity index (χ3n) is 7.98. The van der Waals surface area contributed by atoms with Crippen LogP contribution < -0.4 is 5.43 Å². The monoisotopic (exact) mass is 632 g/mol. The minimum Gasteiger partial charge on any atom is -0.303 e. The van der Waals surface area contributed by atoms with Crippen molar-refractivity contribution in [2.24, 2.45) is 5.10 Å². The van der Waals surface area contributed by atoms with Gasteiger partial charge in [0.2, 0.25) is 0 Å². The maximum atomic E-state index is 4.46. The Morgan fingerprint density at radius 1 is 0.479 bits per heavy atom. The lowest BCUT2D eigenvalue weighted by Gasteiger charge is -2.12. The largest absolute Gasteiger partial charge is 0.303 e. The predicted octanol–water partition coefficient (Wildman–Crippen LogP) is 12.0. The van der Waals surface area contributed by atoms with Crippen molar-refractivity contribution < 1.29 is 0 Å². The first kappa shape index (κ1) is 37.2. The van der Waals surface area contributed by atoms with Gasteiger partial charge in [0.25, 0.3) is 0 Å². The molecule has 48 heavy (non-hydrogen) atoms. The molecule has 2 nitrogen and oxygen atoms in total. The summed E-state index contributed by atoms with van der Waals surface area (Å²) in [5.74, 6) is 0. The molecule has 2 heteroatoms. The molecule has 0 aromatic heterocycles. The highest BCUT2D eigenvalue weighted by Crippen LogP contribution is 2.16. The van der Waals surface area contributed by atoms with Crippen LogP contribution in [0.25, 0.3) is 0 Å². The molecule has 0 heterocycles. The normalized spacial score (nSPS) is 10.9. The Morgan fingerprint density at radius 3 is 1.25 bits per heavy atom. The molecular weight excluding hydrogens is 581 g/mol. The average molecular weight is 633 g/mol. The predicted molar refractivity (Wildman–Crippen MR) is 209 cm³/mol. The van der Waals surface area contributed by atoms with E-state index in [0.29, 0.717) is 0 Å². The number of rotatable bonds is 6. The van der Waals surface area contributed by atoms with Gasteiger partial charge in [0.1, 0.15) is 0 Å². The Balaban J connectivity index is 0.000000189. The Kier molecular flexibility index (Phi) is 16.2. The highest BCUT2D eigenvalue weighted by Gasteiger charge is 2.04. The van der Waals surface area contributed by atoms with Crippen LogP contribution in [-0.2, 0) is 6.42 Å². The van der Waals surface area contributed by atoms with Gasteiger partial charge >= 0.3 is 0 Å². The van der Waals surface area contributed by atoms with E-state index >= 15 is 0 Å². The number of hydrogen-bond donors (Lipinski definition) is 1. The highest BCUT2D eigenvalue weighted by atomic mass is 15.3. The van der Waals surface area contributed by atoms with Crippen LogP contribution in [0, 0.1) is 34.6 Å². The van der Waals surface area contributed by atoms with Crippen molar-refractivity contribution in [2.45, 2.75) is 60.9 Å². The van der Waals surface area contributed by atoms with Crippen molar-refractivity contribution in [1.29, 1.82) is 0 Å². The first-order valence-electron chi connectivity index (χ1n) is 16.8. The molecule has 6 aromatic carbocycles. The van der Waals surface area contributed by atoms with Gasteiger partial charge in [-0.3, -0.25) is 0 Å². The van der Waals surface area contributed by atoms with Gasteiger partial charge < -0.3 is 5.43 Å². The van der Waals surface area contributed by atoms with Crippen LogP contribution in [0.1, 0.15) is 70.0 Å². The molecule has 6 aromatic rings. The fraction of sp³-hybridized carbons (Fsp3) is 0.196. The van der Waals surface area contributed by atoms with Crippen LogP contribution in [0.3, 0.4) is 0 Å². The van der Waals surface area contributed by atoms with Crippen LogP contribution in [0.5, 0.6) is 0 Å². The Bertz CT molecular complexity index is 1680. The van der Waals surface area contributed by atoms with Crippen molar-refractivity contribution in [3.05, 3.63) is 214 Å². The molecule has 6 rings (SSSR count). The first-order chi connectivity index (χ1) is 23.2. The standard InChI is InChI=1S/C17H20N2.C15H16.2C7H8/c1-13-9-11-17(12-10-13)15(3)19-18-14(2)16-7-5-4-6-8-16;1-12-7-3-5-9-14(12)11-15-10-6-4-8-13(15)2;2*1-7-5-3-2-4-6-7/h4-12,15,19H,1-3H3;3-10H,11H2,1-2H3;2*2-6H,1H3/b18-14+;;;. The second kappa shape index (κ2) is 20.8. The van der Waals surface area contributed by atoms with Crippen LogP contribution in [0.2, 0.25) is 0 Å². The van der Waals surface area contributed by atoms with Crippen molar-refractivity contribution in [3.8, 4) is 0 Å². The zero-order chi connectivity index (χ0) is 34.6. The van der Waals surface area contributed by atoms with Gasteiger partial charge in [0.15, 0.2) is 0 Å². The van der Waals surface area contributed by atoms with E-state index in [1.807, 2.05) is 61.5 Å². The molecule has 246 valence electrons. The first-order valence-corrected chi connectivity index (χ1v) is 16.8. The van der Waals surface area contributed by atoms with Gasteiger partial charge in [-0.15, -0.1) is 0 Å². The van der Waals surface area contributed by atoms with Crippen LogP contribution in [-0.4, -0.2) is 5.71 Å². The summed E-state index contributed by atoms with van der Waals surface area (Å²) in [6.45, 7) is 14.7. The topological polar surface area (TPSA) is 24.4 Å². The molecule has 1 unspecified atom stereocenters. The lowest BCUT2D eigenvalue weighted by Crippen LogP contribution is -2.14. The Hall–Kier alpha value is -5.21. The molecule has 0 aliphatic heterocycles. The maximum absolute atomic E-state index is 4.46. The van der Waals surface area contributed by atoms with Crippen molar-refractivity contribution >= 4 is 5.71 Å². The second-order valence-corrected chi connectivity index (χ2v) is 12.2. The van der Waals surface area contributed by atoms with E-state index < -0.39 is 0 Å². The number of nitrogens with one attached hydrogen (secondary N) is 1. The van der Waals surface area contributed by atoms with Gasteiger partial charge in [-0.25, -0.2) is 0 Å². The zero-order valence-electron chi connectivity index (χ0n) is 29.8. The van der Waals surface area contributed by atoms with Gasteiger partial charge in [-0.1, -0.05) is 180 Å². The fourth-order valence-electron chi connectivity index (χ4n) is 4.76. The van der Waals surface area contributed by atoms with E-state index in [0.717, 1.165) is 17.7 Å². The van der Waals surface area contributed by atoms with Gasteiger partial charge in [-0.2, -0.15) is 5.10 Å². The summed E-state index contributed by atoms with van der Waals surface area (Å²) in [5, 5.41) is 4.46. The molecule has 0 bridgehead atoms. The van der Waals surface area contributed by atoms with Crippen molar-refractivity contribution in [1.82, 2.24) is 5.43 Å². The third-order valence-corrected chi connectivity index (χ3v) is 7.98. The molecule has 1 atom stereocenters. The summed E-state index contributed by atoms with van der Waals surface area (Å²) < 4.78 is 0. The van der Waals surface area contributed by atoms with E-state index in [2.05, 4.69) is 161 Å². The molecule has 0 radical (unpaired) electrons. The molecule has 0 fully saturated rings. The molecule has 1 N–H and O–H groups in total. The highest BCUT2D eigenvalue weighted by molar-refractivity contribution is 5.98. The van der Waals surface area contributed by atoms with E-state index in [1.165, 1.54) is 44.5 Å². The summed E-state index contributed by atoms with van der Waals surface area (Å²) in [6, 6.07) is 56.6. The third kappa shape index (κ3) is 14.1. The molecular formula is C46H52N2. The molecule has 0 saturated heterocycles. The number of nitrogens with zero attached hydrogens (tertiary/aromatic N) is 1. The van der Waals surface area contributed by atoms with Crippen molar-refractivity contribution in [3.63, 3.8) is 0 Å². The summed E-state index contributed by atoms with van der Waals surface area (Å²) in [5.41, 5.74) is 16.1. The Morgan fingerprint density at radius 2 is 0.854 bits per heavy atom. The smallest absolute Gasteiger partial charge is 0.0661 e. The SMILES string of the molecule is C/C(=N\NC(C)c1ccc(C)cc1)c1ccccc1.Cc1ccccc1.Cc1ccccc1.Cc1ccccc1Cc1ccccc1C. The van der Waals surface area contributed by atoms with Crippen LogP contribution in [0.4, 0.5) is 0 Å². The zero-order valence-corrected chi connectivity index (χ0v) is 29.8. The summed E-state index contributed by atoms with van der Waals surface area (Å²) in [4.78, 5) is 0. The van der Waals surface area contributed by atoms with Crippen LogP contribution >= 0.6 is 0 Å². The minimum atomic E-state index is 0.208. The number of aryl methyl sites for hydroxylation is 5. The van der Waals surface area contributed by atoms with E-state index in [9.17, 15) is 0 Å². The van der Waals surface area contributed by atoms with Crippen molar-refractivity contribution in [2.75, 3.05) is 0 Å². The van der Waals surface area contributed by atoms with E-state index in [1.54, 1.807) is 0 Å². The Labute approximate surface area is 290 Å². The number of hydrazone groups is 1. The lowest BCUT2D eigenvalue weighted by atomic mass is 9.98. The van der Waals surface area contributed by atoms with E-state index in [4.69, 9.17) is 0 Å². The van der Waals surface area contributed by atoms with Crippen LogP contribution in [0.15, 0.2) is 169 Å². The minimum absolute atomic E-state index is 0.208. The molecule has 0 saturated carbocycles. The molecule has 0 spiro atoms.